The van der Waals surface area contributed by atoms with E-state index in [1.165, 1.54) is 6.42 Å². The van der Waals surface area contributed by atoms with Gasteiger partial charge in [-0.25, -0.2) is 0 Å². The number of rotatable bonds is 3. The maximum Gasteiger partial charge on any atom is 0.255 e. The fourth-order valence-corrected chi connectivity index (χ4v) is 5.30. The Morgan fingerprint density at radius 1 is 1.07 bits per heavy atom. The lowest BCUT2D eigenvalue weighted by Crippen LogP contribution is -2.52. The van der Waals surface area contributed by atoms with Gasteiger partial charge in [-0.05, 0) is 55.0 Å². The van der Waals surface area contributed by atoms with Crippen molar-refractivity contribution in [3.63, 3.8) is 0 Å². The average Bonchev–Trinajstić information content (AvgIpc) is 2.98. The number of fused-ring (bicyclic) bond motifs is 3. The van der Waals surface area contributed by atoms with E-state index in [1.807, 2.05) is 12.1 Å². The fraction of sp³-hybridized carbons (Fsp3) is 0.571. The Labute approximate surface area is 164 Å². The molecule has 3 atom stereocenters. The lowest BCUT2D eigenvalue weighted by atomic mass is 9.85. The smallest absolute Gasteiger partial charge is 0.255 e. The predicted molar refractivity (Wildman–Crippen MR) is 102 cm³/mol. The Morgan fingerprint density at radius 2 is 1.86 bits per heavy atom. The van der Waals surface area contributed by atoms with Crippen LogP contribution < -0.4 is 10.6 Å². The third-order valence-corrected chi connectivity index (χ3v) is 6.56. The molecular weight excluding hydrogens is 356 g/mol. The molecule has 3 saturated heterocycles. The van der Waals surface area contributed by atoms with Crippen LogP contribution in [0, 0.1) is 11.8 Å². The number of hydrogen-bond acceptors (Lipinski definition) is 5. The van der Waals surface area contributed by atoms with Crippen LogP contribution in [0.25, 0.3) is 0 Å². The molecule has 5 rings (SSSR count). The summed E-state index contributed by atoms with van der Waals surface area (Å²) in [4.78, 5) is 40.7. The minimum absolute atomic E-state index is 0.0916. The predicted octanol–water partition coefficient (Wildman–Crippen LogP) is 0.489. The normalized spacial score (nSPS) is 30.4. The molecule has 1 aromatic carbocycles. The minimum Gasteiger partial charge on any atom is -0.322 e. The molecule has 0 radical (unpaired) electrons. The Hall–Kier alpha value is -2.25. The number of nitrogens with one attached hydrogen (secondary N) is 2. The van der Waals surface area contributed by atoms with E-state index in [2.05, 4.69) is 21.6 Å². The lowest BCUT2D eigenvalue weighted by molar-refractivity contribution is -0.136. The summed E-state index contributed by atoms with van der Waals surface area (Å²) >= 11 is 0. The van der Waals surface area contributed by atoms with Crippen LogP contribution in [0.4, 0.5) is 0 Å². The molecule has 3 fully saturated rings. The summed E-state index contributed by atoms with van der Waals surface area (Å²) in [6.07, 6.45) is 2.02. The molecular formula is C21H26N4O3. The monoisotopic (exact) mass is 382 g/mol. The van der Waals surface area contributed by atoms with Gasteiger partial charge in [0.2, 0.25) is 11.8 Å². The molecule has 7 heteroatoms. The number of carbonyl (C=O) groups excluding carboxylic acids is 3. The summed E-state index contributed by atoms with van der Waals surface area (Å²) < 4.78 is 0. The Balaban J connectivity index is 1.30. The van der Waals surface area contributed by atoms with Crippen LogP contribution >= 0.6 is 0 Å². The van der Waals surface area contributed by atoms with Crippen molar-refractivity contribution >= 4 is 17.7 Å². The molecule has 148 valence electrons. The summed E-state index contributed by atoms with van der Waals surface area (Å²) in [7, 11) is 0. The number of nitrogens with zero attached hydrogens (tertiary/aromatic N) is 2. The first-order valence-corrected chi connectivity index (χ1v) is 10.3. The van der Waals surface area contributed by atoms with E-state index in [1.54, 1.807) is 4.90 Å². The standard InChI is InChI=1S/C21H26N4O3/c26-19-4-3-18(20(27)23-19)25-12-16-2-1-13(6-17(16)21(25)28)9-24-10-14-5-15(11-24)8-22-7-14/h1-2,6,14-15,18,22H,3-5,7-12H2,(H,23,26,27). The van der Waals surface area contributed by atoms with E-state index < -0.39 is 6.04 Å². The van der Waals surface area contributed by atoms with Crippen LogP contribution in [0.3, 0.4) is 0 Å². The van der Waals surface area contributed by atoms with Crippen molar-refractivity contribution in [2.24, 2.45) is 11.8 Å². The molecule has 4 aliphatic heterocycles. The molecule has 0 aliphatic carbocycles. The van der Waals surface area contributed by atoms with E-state index >= 15 is 0 Å². The molecule has 7 nitrogen and oxygen atoms in total. The number of imide groups is 1. The van der Waals surface area contributed by atoms with Crippen LogP contribution in [0.15, 0.2) is 18.2 Å². The van der Waals surface area contributed by atoms with Crippen LogP contribution in [0.2, 0.25) is 0 Å². The lowest BCUT2D eigenvalue weighted by Gasteiger charge is -2.41. The van der Waals surface area contributed by atoms with E-state index in [4.69, 9.17) is 0 Å². The molecule has 1 aromatic rings. The molecule has 3 unspecified atom stereocenters. The molecule has 2 bridgehead atoms. The third-order valence-electron chi connectivity index (χ3n) is 6.56. The number of carbonyl (C=O) groups is 3. The number of amides is 3. The highest BCUT2D eigenvalue weighted by atomic mass is 16.2. The van der Waals surface area contributed by atoms with Gasteiger partial charge in [-0.15, -0.1) is 0 Å². The SMILES string of the molecule is O=C1CCC(N2Cc3ccc(CN4CC5CNCC(C5)C4)cc3C2=O)C(=O)N1. The number of piperidine rings is 3. The second-order valence-electron chi connectivity index (χ2n) is 8.71. The maximum atomic E-state index is 13.0. The summed E-state index contributed by atoms with van der Waals surface area (Å²) in [5.74, 6) is 0.754. The van der Waals surface area contributed by atoms with E-state index in [-0.39, 0.29) is 24.1 Å². The van der Waals surface area contributed by atoms with E-state index in [0.717, 1.165) is 55.7 Å². The van der Waals surface area contributed by atoms with Gasteiger partial charge in [-0.1, -0.05) is 12.1 Å². The van der Waals surface area contributed by atoms with Crippen molar-refractivity contribution in [3.05, 3.63) is 34.9 Å². The Morgan fingerprint density at radius 3 is 2.61 bits per heavy atom. The molecule has 0 saturated carbocycles. The average molecular weight is 382 g/mol. The number of hydrogen-bond donors (Lipinski definition) is 2. The van der Waals surface area contributed by atoms with Gasteiger partial charge in [0, 0.05) is 38.2 Å². The van der Waals surface area contributed by atoms with Crippen molar-refractivity contribution in [3.8, 4) is 0 Å². The van der Waals surface area contributed by atoms with Gasteiger partial charge in [0.25, 0.3) is 5.91 Å². The Bertz CT molecular complexity index is 827. The molecule has 0 spiro atoms. The molecule has 28 heavy (non-hydrogen) atoms. The zero-order valence-corrected chi connectivity index (χ0v) is 15.9. The summed E-state index contributed by atoms with van der Waals surface area (Å²) in [6, 6.07) is 5.60. The van der Waals surface area contributed by atoms with Crippen molar-refractivity contribution < 1.29 is 14.4 Å². The van der Waals surface area contributed by atoms with Gasteiger partial charge in [-0.2, -0.15) is 0 Å². The van der Waals surface area contributed by atoms with Crippen LogP contribution in [-0.4, -0.2) is 59.7 Å². The van der Waals surface area contributed by atoms with E-state index in [0.29, 0.717) is 18.5 Å². The third kappa shape index (κ3) is 3.22. The minimum atomic E-state index is -0.546. The maximum absolute atomic E-state index is 13.0. The van der Waals surface area contributed by atoms with Crippen molar-refractivity contribution in [2.75, 3.05) is 26.2 Å². The quantitative estimate of drug-likeness (QED) is 0.744. The van der Waals surface area contributed by atoms with Crippen molar-refractivity contribution in [1.82, 2.24) is 20.4 Å². The topological polar surface area (TPSA) is 81.8 Å². The zero-order chi connectivity index (χ0) is 19.3. The second kappa shape index (κ2) is 6.97. The van der Waals surface area contributed by atoms with Crippen molar-refractivity contribution in [2.45, 2.75) is 38.4 Å². The van der Waals surface area contributed by atoms with Crippen LogP contribution in [0.1, 0.15) is 40.7 Å². The van der Waals surface area contributed by atoms with Gasteiger partial charge in [0.15, 0.2) is 0 Å². The van der Waals surface area contributed by atoms with E-state index in [9.17, 15) is 14.4 Å². The highest BCUT2D eigenvalue weighted by molar-refractivity contribution is 6.05. The molecule has 2 N–H and O–H groups in total. The van der Waals surface area contributed by atoms with Crippen molar-refractivity contribution in [1.29, 1.82) is 0 Å². The molecule has 3 amide bonds. The molecule has 0 aromatic heterocycles. The first-order valence-electron chi connectivity index (χ1n) is 10.3. The van der Waals surface area contributed by atoms with Gasteiger partial charge in [-0.3, -0.25) is 24.6 Å². The highest BCUT2D eigenvalue weighted by Crippen LogP contribution is 2.30. The number of likely N-dealkylation sites (tertiary alicyclic amines) is 1. The van der Waals surface area contributed by atoms with Gasteiger partial charge >= 0.3 is 0 Å². The van der Waals surface area contributed by atoms with Crippen LogP contribution in [-0.2, 0) is 22.7 Å². The van der Waals surface area contributed by atoms with Gasteiger partial charge in [0.1, 0.15) is 6.04 Å². The zero-order valence-electron chi connectivity index (χ0n) is 15.9. The first-order chi connectivity index (χ1) is 13.6. The molecule has 4 aliphatic rings. The van der Waals surface area contributed by atoms with Gasteiger partial charge < -0.3 is 10.2 Å². The summed E-state index contributed by atoms with van der Waals surface area (Å²) in [5.41, 5.74) is 2.84. The Kier molecular flexibility index (Phi) is 4.44. The number of benzene rings is 1. The largest absolute Gasteiger partial charge is 0.322 e. The van der Waals surface area contributed by atoms with Gasteiger partial charge in [0.05, 0.1) is 0 Å². The molecule has 4 heterocycles. The first kappa shape index (κ1) is 17.8. The highest BCUT2D eigenvalue weighted by Gasteiger charge is 2.39. The second-order valence-corrected chi connectivity index (χ2v) is 8.71. The summed E-state index contributed by atoms with van der Waals surface area (Å²) in [6.45, 7) is 5.74. The fourth-order valence-electron chi connectivity index (χ4n) is 5.30. The van der Waals surface area contributed by atoms with Crippen LogP contribution in [0.5, 0.6) is 0 Å². The summed E-state index contributed by atoms with van der Waals surface area (Å²) in [5, 5.41) is 5.88.